The second kappa shape index (κ2) is 9.02. The van der Waals surface area contributed by atoms with E-state index >= 15 is 0 Å². The van der Waals surface area contributed by atoms with Gasteiger partial charge >= 0.3 is 6.09 Å². The Morgan fingerprint density at radius 3 is 2.67 bits per heavy atom. The van der Waals surface area contributed by atoms with Crippen LogP contribution in [0.4, 0.5) is 4.79 Å². The zero-order valence-corrected chi connectivity index (χ0v) is 17.9. The third-order valence-corrected chi connectivity index (χ3v) is 4.95. The molecule has 1 heterocycles. The van der Waals surface area contributed by atoms with Gasteiger partial charge in [-0.1, -0.05) is 23.2 Å². The van der Waals surface area contributed by atoms with E-state index in [2.05, 4.69) is 10.4 Å². The molecule has 1 aliphatic rings. The number of hydrogen-bond donors (Lipinski definition) is 1. The van der Waals surface area contributed by atoms with Crippen molar-refractivity contribution >= 4 is 35.1 Å². The number of nitrogens with zero attached hydrogens (tertiary/aromatic N) is 2. The summed E-state index contributed by atoms with van der Waals surface area (Å²) in [5.74, 6) is 1.50. The summed E-state index contributed by atoms with van der Waals surface area (Å²) in [6, 6.07) is 3.55. The largest absolute Gasteiger partial charge is 0.496 e. The number of rotatable bonds is 3. The SMILES string of the molecule is CCN(NC1=NCCC(c2c(OC)ccc(Cl)c2Cl)C1)C(=O)OC(C)(C)C. The first-order chi connectivity index (χ1) is 12.7. The predicted molar refractivity (Wildman–Crippen MR) is 109 cm³/mol. The van der Waals surface area contributed by atoms with Gasteiger partial charge in [-0.2, -0.15) is 0 Å². The van der Waals surface area contributed by atoms with Crippen LogP contribution in [-0.2, 0) is 4.74 Å². The fourth-order valence-corrected chi connectivity index (χ4v) is 3.39. The van der Waals surface area contributed by atoms with Crippen molar-refractivity contribution in [3.05, 3.63) is 27.7 Å². The van der Waals surface area contributed by atoms with Crippen LogP contribution < -0.4 is 10.2 Å². The van der Waals surface area contributed by atoms with E-state index in [9.17, 15) is 4.79 Å². The van der Waals surface area contributed by atoms with E-state index in [1.807, 2.05) is 33.8 Å². The van der Waals surface area contributed by atoms with Crippen LogP contribution in [0.1, 0.15) is 52.0 Å². The summed E-state index contributed by atoms with van der Waals surface area (Å²) >= 11 is 12.7. The minimum Gasteiger partial charge on any atom is -0.496 e. The summed E-state index contributed by atoms with van der Waals surface area (Å²) in [6.07, 6.45) is 0.976. The average molecular weight is 416 g/mol. The fourth-order valence-electron chi connectivity index (χ4n) is 2.92. The molecule has 0 fully saturated rings. The van der Waals surface area contributed by atoms with E-state index < -0.39 is 11.7 Å². The van der Waals surface area contributed by atoms with E-state index in [4.69, 9.17) is 32.7 Å². The lowest BCUT2D eigenvalue weighted by atomic mass is 9.89. The lowest BCUT2D eigenvalue weighted by molar-refractivity contribution is 0.0203. The van der Waals surface area contributed by atoms with Gasteiger partial charge in [-0.15, -0.1) is 0 Å². The van der Waals surface area contributed by atoms with Gasteiger partial charge in [-0.25, -0.2) is 9.80 Å². The number of amides is 1. The van der Waals surface area contributed by atoms with Crippen LogP contribution in [0.2, 0.25) is 10.0 Å². The molecule has 1 N–H and O–H groups in total. The van der Waals surface area contributed by atoms with Crippen molar-refractivity contribution in [2.24, 2.45) is 4.99 Å². The van der Waals surface area contributed by atoms with Gasteiger partial charge in [0.1, 0.15) is 17.2 Å². The Bertz CT molecular complexity index is 717. The molecule has 0 radical (unpaired) electrons. The molecule has 0 aliphatic carbocycles. The number of carbonyl (C=O) groups is 1. The molecule has 8 heteroatoms. The maximum atomic E-state index is 12.3. The maximum absolute atomic E-state index is 12.3. The number of carbonyl (C=O) groups excluding carboxylic acids is 1. The van der Waals surface area contributed by atoms with Gasteiger partial charge in [0.05, 0.1) is 17.2 Å². The fraction of sp³-hybridized carbons (Fsp3) is 0.579. The second-order valence-corrected chi connectivity index (χ2v) is 8.12. The number of amidine groups is 1. The molecule has 1 atom stereocenters. The molecule has 0 saturated carbocycles. The van der Waals surface area contributed by atoms with Crippen LogP contribution in [0.25, 0.3) is 0 Å². The minimum absolute atomic E-state index is 0.0866. The van der Waals surface area contributed by atoms with Gasteiger partial charge in [0, 0.05) is 25.1 Å². The van der Waals surface area contributed by atoms with Gasteiger partial charge in [0.2, 0.25) is 0 Å². The third kappa shape index (κ3) is 5.66. The number of hydrazine groups is 1. The van der Waals surface area contributed by atoms with Crippen molar-refractivity contribution < 1.29 is 14.3 Å². The average Bonchev–Trinajstić information content (AvgIpc) is 2.60. The Labute approximate surface area is 170 Å². The highest BCUT2D eigenvalue weighted by molar-refractivity contribution is 6.42. The van der Waals surface area contributed by atoms with Crippen LogP contribution >= 0.6 is 23.2 Å². The lowest BCUT2D eigenvalue weighted by Crippen LogP contribution is -2.49. The van der Waals surface area contributed by atoms with Gasteiger partial charge < -0.3 is 9.47 Å². The zero-order chi connectivity index (χ0) is 20.2. The molecule has 1 unspecified atom stereocenters. The molecule has 0 aromatic heterocycles. The molecule has 0 saturated heterocycles. The number of ether oxygens (including phenoxy) is 2. The Morgan fingerprint density at radius 1 is 1.37 bits per heavy atom. The van der Waals surface area contributed by atoms with E-state index in [0.29, 0.717) is 41.1 Å². The molecule has 2 rings (SSSR count). The van der Waals surface area contributed by atoms with Crippen LogP contribution in [0.5, 0.6) is 5.75 Å². The van der Waals surface area contributed by atoms with Crippen molar-refractivity contribution in [1.82, 2.24) is 10.4 Å². The first kappa shape index (κ1) is 21.6. The molecule has 1 amide bonds. The molecule has 1 aliphatic heterocycles. The molecule has 1 aromatic carbocycles. The summed E-state index contributed by atoms with van der Waals surface area (Å²) in [7, 11) is 1.61. The topological polar surface area (TPSA) is 63.2 Å². The Kier molecular flexibility index (Phi) is 7.23. The highest BCUT2D eigenvalue weighted by Gasteiger charge is 2.28. The molecule has 6 nitrogen and oxygen atoms in total. The summed E-state index contributed by atoms with van der Waals surface area (Å²) in [5, 5.41) is 2.42. The summed E-state index contributed by atoms with van der Waals surface area (Å²) in [6.45, 7) is 8.43. The molecule has 0 bridgehead atoms. The van der Waals surface area contributed by atoms with E-state index in [1.165, 1.54) is 5.01 Å². The van der Waals surface area contributed by atoms with Gasteiger partial charge in [0.25, 0.3) is 0 Å². The lowest BCUT2D eigenvalue weighted by Gasteiger charge is -2.31. The summed E-state index contributed by atoms with van der Waals surface area (Å²) in [4.78, 5) is 16.9. The van der Waals surface area contributed by atoms with Crippen LogP contribution in [0, 0.1) is 0 Å². The molecule has 1 aromatic rings. The monoisotopic (exact) mass is 415 g/mol. The van der Waals surface area contributed by atoms with E-state index in [1.54, 1.807) is 13.2 Å². The Balaban J connectivity index is 2.15. The van der Waals surface area contributed by atoms with Gasteiger partial charge in [-0.3, -0.25) is 10.4 Å². The molecule has 150 valence electrons. The van der Waals surface area contributed by atoms with Crippen molar-refractivity contribution in [3.63, 3.8) is 0 Å². The standard InChI is InChI=1S/C19H27Cl2N3O3/c1-6-24(18(25)27-19(2,3)4)23-15-11-12(9-10-22-15)16-14(26-5)8-7-13(20)17(16)21/h7-8,12H,6,9-11H2,1-5H3,(H,22,23). The van der Waals surface area contributed by atoms with Crippen molar-refractivity contribution in [2.45, 2.75) is 52.1 Å². The van der Waals surface area contributed by atoms with Gasteiger partial charge in [0.15, 0.2) is 0 Å². The number of halogens is 2. The second-order valence-electron chi connectivity index (χ2n) is 7.33. The summed E-state index contributed by atoms with van der Waals surface area (Å²) < 4.78 is 10.9. The molecule has 27 heavy (non-hydrogen) atoms. The normalized spacial score (nSPS) is 17.1. The molecular formula is C19H27Cl2N3O3. The maximum Gasteiger partial charge on any atom is 0.429 e. The number of aliphatic imine (C=N–C) groups is 1. The Morgan fingerprint density at radius 2 is 2.07 bits per heavy atom. The van der Waals surface area contributed by atoms with Crippen LogP contribution in [0.3, 0.4) is 0 Å². The quantitative estimate of drug-likeness (QED) is 0.702. The number of methoxy groups -OCH3 is 1. The Hall–Kier alpha value is -1.66. The van der Waals surface area contributed by atoms with Crippen LogP contribution in [0.15, 0.2) is 17.1 Å². The van der Waals surface area contributed by atoms with Crippen molar-refractivity contribution in [3.8, 4) is 5.75 Å². The predicted octanol–water partition coefficient (Wildman–Crippen LogP) is 5.04. The molecule has 0 spiro atoms. The van der Waals surface area contributed by atoms with Gasteiger partial charge in [-0.05, 0) is 52.2 Å². The number of nitrogens with one attached hydrogen (secondary N) is 1. The van der Waals surface area contributed by atoms with Crippen molar-refractivity contribution in [2.75, 3.05) is 20.2 Å². The molecular weight excluding hydrogens is 389 g/mol. The van der Waals surface area contributed by atoms with Crippen molar-refractivity contribution in [1.29, 1.82) is 0 Å². The smallest absolute Gasteiger partial charge is 0.429 e. The first-order valence-corrected chi connectivity index (χ1v) is 9.74. The first-order valence-electron chi connectivity index (χ1n) is 8.98. The number of hydrogen-bond acceptors (Lipinski definition) is 5. The summed E-state index contributed by atoms with van der Waals surface area (Å²) in [5.41, 5.74) is 3.40. The minimum atomic E-state index is -0.565. The zero-order valence-electron chi connectivity index (χ0n) is 16.4. The number of benzene rings is 1. The third-order valence-electron chi connectivity index (χ3n) is 4.13. The van der Waals surface area contributed by atoms with E-state index in [-0.39, 0.29) is 5.92 Å². The van der Waals surface area contributed by atoms with E-state index in [0.717, 1.165) is 12.0 Å². The highest BCUT2D eigenvalue weighted by Crippen LogP contribution is 2.41. The highest BCUT2D eigenvalue weighted by atomic mass is 35.5. The van der Waals surface area contributed by atoms with Crippen LogP contribution in [-0.4, -0.2) is 42.7 Å².